The first-order chi connectivity index (χ1) is 9.83. The van der Waals surface area contributed by atoms with Crippen LogP contribution in [0.3, 0.4) is 0 Å². The number of piperidine rings is 1. The van der Waals surface area contributed by atoms with E-state index in [0.717, 1.165) is 25.4 Å². The minimum Gasteiger partial charge on any atom is -0.468 e. The van der Waals surface area contributed by atoms with Crippen LogP contribution in [0.1, 0.15) is 44.9 Å². The van der Waals surface area contributed by atoms with E-state index in [2.05, 4.69) is 56.0 Å². The molecular weight excluding hydrogens is 262 g/mol. The van der Waals surface area contributed by atoms with Gasteiger partial charge in [0.2, 0.25) is 0 Å². The third kappa shape index (κ3) is 5.46. The van der Waals surface area contributed by atoms with Crippen molar-refractivity contribution in [2.75, 3.05) is 27.2 Å². The van der Waals surface area contributed by atoms with Crippen molar-refractivity contribution in [1.82, 2.24) is 15.1 Å². The average Bonchev–Trinajstić information content (AvgIpc) is 2.83. The third-order valence-corrected chi connectivity index (χ3v) is 4.16. The number of furan rings is 1. The van der Waals surface area contributed by atoms with E-state index in [0.29, 0.717) is 6.04 Å². The van der Waals surface area contributed by atoms with E-state index in [-0.39, 0.29) is 5.54 Å². The number of nitrogens with one attached hydrogen (secondary N) is 1. The van der Waals surface area contributed by atoms with Crippen LogP contribution < -0.4 is 5.32 Å². The highest BCUT2D eigenvalue weighted by Crippen LogP contribution is 2.17. The standard InChI is InChI=1S/C17H31N3O/c1-17(2,3)18-10-14-9-16(21-13-14)12-20(5)15-7-6-8-19(4)11-15/h9,13,15,18H,6-8,10-12H2,1-5H3. The van der Waals surface area contributed by atoms with Gasteiger partial charge in [-0.3, -0.25) is 4.90 Å². The van der Waals surface area contributed by atoms with Gasteiger partial charge in [-0.25, -0.2) is 0 Å². The van der Waals surface area contributed by atoms with E-state index in [9.17, 15) is 0 Å². The lowest BCUT2D eigenvalue weighted by Gasteiger charge is -2.35. The Kier molecular flexibility index (Phi) is 5.47. The van der Waals surface area contributed by atoms with Gasteiger partial charge in [-0.15, -0.1) is 0 Å². The minimum absolute atomic E-state index is 0.140. The van der Waals surface area contributed by atoms with Crippen LogP contribution >= 0.6 is 0 Å². The number of likely N-dealkylation sites (N-methyl/N-ethyl adjacent to an activating group) is 2. The molecule has 0 spiro atoms. The van der Waals surface area contributed by atoms with Crippen molar-refractivity contribution in [2.24, 2.45) is 0 Å². The fourth-order valence-electron chi connectivity index (χ4n) is 2.84. The Balaban J connectivity index is 1.84. The van der Waals surface area contributed by atoms with Crippen LogP contribution in [0.5, 0.6) is 0 Å². The first-order valence-electron chi connectivity index (χ1n) is 8.03. The second-order valence-electron chi connectivity index (χ2n) is 7.50. The highest BCUT2D eigenvalue weighted by molar-refractivity contribution is 5.13. The van der Waals surface area contributed by atoms with Crippen molar-refractivity contribution < 1.29 is 4.42 Å². The summed E-state index contributed by atoms with van der Waals surface area (Å²) in [5.74, 6) is 1.07. The highest BCUT2D eigenvalue weighted by atomic mass is 16.3. The molecule has 4 nitrogen and oxygen atoms in total. The summed E-state index contributed by atoms with van der Waals surface area (Å²) in [6, 6.07) is 2.83. The molecule has 1 atom stereocenters. The molecule has 2 rings (SSSR count). The number of hydrogen-bond donors (Lipinski definition) is 1. The zero-order valence-corrected chi connectivity index (χ0v) is 14.3. The molecule has 120 valence electrons. The lowest BCUT2D eigenvalue weighted by atomic mass is 10.1. The summed E-state index contributed by atoms with van der Waals surface area (Å²) in [7, 11) is 4.42. The first-order valence-corrected chi connectivity index (χ1v) is 8.03. The maximum Gasteiger partial charge on any atom is 0.118 e. The van der Waals surface area contributed by atoms with Gasteiger partial charge in [-0.2, -0.15) is 0 Å². The molecule has 0 aromatic carbocycles. The molecule has 0 amide bonds. The van der Waals surface area contributed by atoms with E-state index in [1.165, 1.54) is 24.9 Å². The molecule has 1 aromatic rings. The number of rotatable bonds is 5. The Bertz CT molecular complexity index is 435. The van der Waals surface area contributed by atoms with Gasteiger partial charge in [-0.1, -0.05) is 0 Å². The largest absolute Gasteiger partial charge is 0.468 e. The van der Waals surface area contributed by atoms with E-state index in [1.807, 2.05) is 6.26 Å². The fraction of sp³-hybridized carbons (Fsp3) is 0.765. The summed E-state index contributed by atoms with van der Waals surface area (Å²) in [6.07, 6.45) is 4.47. The van der Waals surface area contributed by atoms with Gasteiger partial charge in [0.05, 0.1) is 12.8 Å². The maximum atomic E-state index is 5.72. The lowest BCUT2D eigenvalue weighted by molar-refractivity contribution is 0.123. The van der Waals surface area contributed by atoms with Crippen molar-refractivity contribution in [3.05, 3.63) is 23.7 Å². The quantitative estimate of drug-likeness (QED) is 0.904. The van der Waals surface area contributed by atoms with Crippen LogP contribution in [0.25, 0.3) is 0 Å². The summed E-state index contributed by atoms with van der Waals surface area (Å²) in [6.45, 7) is 10.7. The van der Waals surface area contributed by atoms with E-state index >= 15 is 0 Å². The molecule has 2 heterocycles. The summed E-state index contributed by atoms with van der Waals surface area (Å²) in [5, 5.41) is 3.49. The van der Waals surface area contributed by atoms with E-state index in [1.54, 1.807) is 0 Å². The Hall–Kier alpha value is -0.840. The number of hydrogen-bond acceptors (Lipinski definition) is 4. The maximum absolute atomic E-state index is 5.72. The highest BCUT2D eigenvalue weighted by Gasteiger charge is 2.21. The van der Waals surface area contributed by atoms with Crippen LogP contribution in [-0.2, 0) is 13.1 Å². The summed E-state index contributed by atoms with van der Waals surface area (Å²) < 4.78 is 5.72. The predicted molar refractivity (Wildman–Crippen MR) is 87.3 cm³/mol. The van der Waals surface area contributed by atoms with Crippen molar-refractivity contribution in [1.29, 1.82) is 0 Å². The Morgan fingerprint density at radius 3 is 2.86 bits per heavy atom. The SMILES string of the molecule is CN1CCCC(N(C)Cc2cc(CNC(C)(C)C)co2)C1. The number of likely N-dealkylation sites (tertiary alicyclic amines) is 1. The monoisotopic (exact) mass is 293 g/mol. The van der Waals surface area contributed by atoms with Crippen molar-refractivity contribution in [3.8, 4) is 0 Å². The van der Waals surface area contributed by atoms with E-state index < -0.39 is 0 Å². The minimum atomic E-state index is 0.140. The molecule has 0 saturated carbocycles. The summed E-state index contributed by atoms with van der Waals surface area (Å²) in [5.41, 5.74) is 1.37. The topological polar surface area (TPSA) is 31.6 Å². The summed E-state index contributed by atoms with van der Waals surface area (Å²) in [4.78, 5) is 4.85. The summed E-state index contributed by atoms with van der Waals surface area (Å²) >= 11 is 0. The molecule has 1 fully saturated rings. The Morgan fingerprint density at radius 2 is 2.19 bits per heavy atom. The molecule has 1 aliphatic rings. The molecule has 0 aliphatic carbocycles. The zero-order valence-electron chi connectivity index (χ0n) is 14.3. The smallest absolute Gasteiger partial charge is 0.118 e. The van der Waals surface area contributed by atoms with Crippen molar-refractivity contribution >= 4 is 0 Å². The molecule has 1 saturated heterocycles. The number of nitrogens with zero attached hydrogens (tertiary/aromatic N) is 2. The first kappa shape index (κ1) is 16.5. The van der Waals surface area contributed by atoms with Gasteiger partial charge in [0.1, 0.15) is 5.76 Å². The lowest BCUT2D eigenvalue weighted by Crippen LogP contribution is -2.44. The van der Waals surface area contributed by atoms with Gasteiger partial charge in [-0.05, 0) is 60.3 Å². The fourth-order valence-corrected chi connectivity index (χ4v) is 2.84. The van der Waals surface area contributed by atoms with Crippen LogP contribution in [0.15, 0.2) is 16.7 Å². The zero-order chi connectivity index (χ0) is 15.5. The van der Waals surface area contributed by atoms with Gasteiger partial charge in [0.15, 0.2) is 0 Å². The molecular formula is C17H31N3O. The average molecular weight is 293 g/mol. The van der Waals surface area contributed by atoms with Crippen LogP contribution in [0.2, 0.25) is 0 Å². The van der Waals surface area contributed by atoms with Crippen LogP contribution in [-0.4, -0.2) is 48.6 Å². The second-order valence-corrected chi connectivity index (χ2v) is 7.50. The molecule has 1 aromatic heterocycles. The normalized spacial score (nSPS) is 21.1. The molecule has 1 N–H and O–H groups in total. The third-order valence-electron chi connectivity index (χ3n) is 4.16. The molecule has 0 radical (unpaired) electrons. The van der Waals surface area contributed by atoms with Gasteiger partial charge in [0, 0.05) is 30.2 Å². The van der Waals surface area contributed by atoms with Gasteiger partial charge < -0.3 is 14.6 Å². The van der Waals surface area contributed by atoms with E-state index in [4.69, 9.17) is 4.42 Å². The van der Waals surface area contributed by atoms with Crippen molar-refractivity contribution in [3.63, 3.8) is 0 Å². The van der Waals surface area contributed by atoms with Crippen molar-refractivity contribution in [2.45, 2.75) is 58.3 Å². The molecule has 21 heavy (non-hydrogen) atoms. The molecule has 1 unspecified atom stereocenters. The van der Waals surface area contributed by atoms with Crippen LogP contribution in [0, 0.1) is 0 Å². The molecule has 1 aliphatic heterocycles. The van der Waals surface area contributed by atoms with Crippen LogP contribution in [0.4, 0.5) is 0 Å². The van der Waals surface area contributed by atoms with Gasteiger partial charge in [0.25, 0.3) is 0 Å². The predicted octanol–water partition coefficient (Wildman–Crippen LogP) is 2.69. The second kappa shape index (κ2) is 6.95. The Morgan fingerprint density at radius 1 is 1.43 bits per heavy atom. The molecule has 0 bridgehead atoms. The van der Waals surface area contributed by atoms with Gasteiger partial charge >= 0.3 is 0 Å². The Labute approximate surface area is 129 Å². The molecule has 4 heteroatoms.